The lowest BCUT2D eigenvalue weighted by Gasteiger charge is -2.18. The molecule has 3 rings (SSSR count). The molecule has 0 aliphatic carbocycles. The summed E-state index contributed by atoms with van der Waals surface area (Å²) in [7, 11) is 1.63. The summed E-state index contributed by atoms with van der Waals surface area (Å²) in [6.07, 6.45) is 0. The minimum atomic E-state index is -0.535. The molecule has 0 fully saturated rings. The van der Waals surface area contributed by atoms with Crippen LogP contribution < -0.4 is 4.74 Å². The molecule has 0 unspecified atom stereocenters. The van der Waals surface area contributed by atoms with Gasteiger partial charge in [0.05, 0.1) is 27.7 Å². The van der Waals surface area contributed by atoms with Crippen LogP contribution in [0.5, 0.6) is 11.5 Å². The summed E-state index contributed by atoms with van der Waals surface area (Å²) < 4.78 is 5.79. The SMILES string of the molecule is Cc1nc(CN(C)C(=O)c2cc([N+](=O)[O-])ccc2Oc2ccccc2)cs1. The second-order valence-electron chi connectivity index (χ2n) is 5.87. The van der Waals surface area contributed by atoms with Crippen molar-refractivity contribution in [2.24, 2.45) is 0 Å². The molecule has 0 atom stereocenters. The van der Waals surface area contributed by atoms with E-state index in [4.69, 9.17) is 4.74 Å². The van der Waals surface area contributed by atoms with E-state index in [1.54, 1.807) is 31.3 Å². The number of hydrogen-bond donors (Lipinski definition) is 0. The Hall–Kier alpha value is -3.26. The zero-order chi connectivity index (χ0) is 19.4. The Kier molecular flexibility index (Phi) is 5.46. The van der Waals surface area contributed by atoms with Gasteiger partial charge in [-0.3, -0.25) is 14.9 Å². The molecule has 138 valence electrons. The van der Waals surface area contributed by atoms with Gasteiger partial charge in [0.2, 0.25) is 0 Å². The molecule has 0 aliphatic rings. The van der Waals surface area contributed by atoms with E-state index < -0.39 is 4.92 Å². The van der Waals surface area contributed by atoms with E-state index in [1.165, 1.54) is 34.4 Å². The van der Waals surface area contributed by atoms with Crippen molar-refractivity contribution in [2.45, 2.75) is 13.5 Å². The van der Waals surface area contributed by atoms with E-state index in [9.17, 15) is 14.9 Å². The average Bonchev–Trinajstić information content (AvgIpc) is 3.06. The molecule has 27 heavy (non-hydrogen) atoms. The van der Waals surface area contributed by atoms with E-state index in [-0.39, 0.29) is 22.9 Å². The number of carbonyl (C=O) groups is 1. The van der Waals surface area contributed by atoms with Gasteiger partial charge in [-0.25, -0.2) is 4.98 Å². The first-order valence-electron chi connectivity index (χ1n) is 8.12. The largest absolute Gasteiger partial charge is 0.457 e. The van der Waals surface area contributed by atoms with Gasteiger partial charge in [-0.15, -0.1) is 11.3 Å². The minimum Gasteiger partial charge on any atom is -0.457 e. The fourth-order valence-corrected chi connectivity index (χ4v) is 3.11. The summed E-state index contributed by atoms with van der Waals surface area (Å²) in [5.74, 6) is 0.423. The number of aryl methyl sites for hydroxylation is 1. The highest BCUT2D eigenvalue weighted by atomic mass is 32.1. The lowest BCUT2D eigenvalue weighted by atomic mass is 10.1. The van der Waals surface area contributed by atoms with Crippen molar-refractivity contribution in [2.75, 3.05) is 7.05 Å². The summed E-state index contributed by atoms with van der Waals surface area (Å²) >= 11 is 1.50. The summed E-state index contributed by atoms with van der Waals surface area (Å²) in [4.78, 5) is 29.4. The van der Waals surface area contributed by atoms with Crippen molar-refractivity contribution in [3.05, 3.63) is 80.3 Å². The lowest BCUT2D eigenvalue weighted by Crippen LogP contribution is -2.26. The van der Waals surface area contributed by atoms with Gasteiger partial charge in [0, 0.05) is 24.6 Å². The number of carbonyl (C=O) groups excluding carboxylic acids is 1. The third-order valence-corrected chi connectivity index (χ3v) is 4.61. The first-order chi connectivity index (χ1) is 12.9. The van der Waals surface area contributed by atoms with Crippen LogP contribution in [0, 0.1) is 17.0 Å². The Balaban J connectivity index is 1.91. The molecule has 2 aromatic carbocycles. The molecular weight excluding hydrogens is 366 g/mol. The molecule has 0 saturated heterocycles. The van der Waals surface area contributed by atoms with Crippen molar-refractivity contribution in [1.82, 2.24) is 9.88 Å². The van der Waals surface area contributed by atoms with E-state index in [1.807, 2.05) is 18.4 Å². The second kappa shape index (κ2) is 7.96. The van der Waals surface area contributed by atoms with Crippen LogP contribution in [0.1, 0.15) is 21.1 Å². The summed E-state index contributed by atoms with van der Waals surface area (Å²) in [5.41, 5.74) is 0.725. The highest BCUT2D eigenvalue weighted by Gasteiger charge is 2.22. The maximum atomic E-state index is 12.9. The molecule has 0 saturated carbocycles. The molecule has 3 aromatic rings. The van der Waals surface area contributed by atoms with Gasteiger partial charge in [0.25, 0.3) is 11.6 Å². The monoisotopic (exact) mass is 383 g/mol. The number of non-ortho nitro benzene ring substituents is 1. The first kappa shape index (κ1) is 18.5. The maximum absolute atomic E-state index is 12.9. The van der Waals surface area contributed by atoms with Crippen LogP contribution in [0.15, 0.2) is 53.9 Å². The van der Waals surface area contributed by atoms with Crippen LogP contribution >= 0.6 is 11.3 Å². The van der Waals surface area contributed by atoms with Crippen LogP contribution in [0.25, 0.3) is 0 Å². The number of hydrogen-bond acceptors (Lipinski definition) is 6. The number of nitrogens with zero attached hydrogens (tertiary/aromatic N) is 3. The Bertz CT molecular complexity index is 972. The molecule has 1 amide bonds. The maximum Gasteiger partial charge on any atom is 0.270 e. The normalized spacial score (nSPS) is 10.4. The quantitative estimate of drug-likeness (QED) is 0.464. The summed E-state index contributed by atoms with van der Waals surface area (Å²) in [5, 5.41) is 13.9. The van der Waals surface area contributed by atoms with Gasteiger partial charge in [-0.2, -0.15) is 0 Å². The van der Waals surface area contributed by atoms with Gasteiger partial charge < -0.3 is 9.64 Å². The lowest BCUT2D eigenvalue weighted by molar-refractivity contribution is -0.384. The number of benzene rings is 2. The van der Waals surface area contributed by atoms with Crippen molar-refractivity contribution in [1.29, 1.82) is 0 Å². The zero-order valence-electron chi connectivity index (χ0n) is 14.8. The van der Waals surface area contributed by atoms with Gasteiger partial charge in [0.1, 0.15) is 11.5 Å². The van der Waals surface area contributed by atoms with Crippen molar-refractivity contribution in [3.8, 4) is 11.5 Å². The van der Waals surface area contributed by atoms with E-state index in [0.717, 1.165) is 10.7 Å². The second-order valence-corrected chi connectivity index (χ2v) is 6.93. The Labute approximate surface area is 160 Å². The topological polar surface area (TPSA) is 85.6 Å². The van der Waals surface area contributed by atoms with Crippen molar-refractivity contribution < 1.29 is 14.5 Å². The molecule has 8 heteroatoms. The zero-order valence-corrected chi connectivity index (χ0v) is 15.6. The van der Waals surface area contributed by atoms with E-state index >= 15 is 0 Å². The molecule has 0 radical (unpaired) electrons. The molecule has 1 heterocycles. The summed E-state index contributed by atoms with van der Waals surface area (Å²) in [6.45, 7) is 2.19. The molecule has 0 aliphatic heterocycles. The molecule has 0 bridgehead atoms. The average molecular weight is 383 g/mol. The van der Waals surface area contributed by atoms with Crippen molar-refractivity contribution >= 4 is 22.9 Å². The predicted molar refractivity (Wildman–Crippen MR) is 102 cm³/mol. The Morgan fingerprint density at radius 3 is 2.63 bits per heavy atom. The number of nitro groups is 1. The van der Waals surface area contributed by atoms with Gasteiger partial charge in [-0.1, -0.05) is 18.2 Å². The van der Waals surface area contributed by atoms with Crippen molar-refractivity contribution in [3.63, 3.8) is 0 Å². The molecule has 0 N–H and O–H groups in total. The standard InChI is InChI=1S/C19H17N3O4S/c1-13-20-14(12-27-13)11-21(2)19(23)17-10-15(22(24)25)8-9-18(17)26-16-6-4-3-5-7-16/h3-10,12H,11H2,1-2H3. The van der Waals surface area contributed by atoms with Crippen LogP contribution in [0.3, 0.4) is 0 Å². The molecule has 7 nitrogen and oxygen atoms in total. The number of ether oxygens (including phenoxy) is 1. The fraction of sp³-hybridized carbons (Fsp3) is 0.158. The van der Waals surface area contributed by atoms with Crippen LogP contribution in [0.2, 0.25) is 0 Å². The summed E-state index contributed by atoms with van der Waals surface area (Å²) in [6, 6.07) is 13.0. The highest BCUT2D eigenvalue weighted by molar-refractivity contribution is 7.09. The molecule has 0 spiro atoms. The number of para-hydroxylation sites is 1. The first-order valence-corrected chi connectivity index (χ1v) is 9.00. The van der Waals surface area contributed by atoms with Crippen LogP contribution in [0.4, 0.5) is 5.69 Å². The smallest absolute Gasteiger partial charge is 0.270 e. The molecular formula is C19H17N3O4S. The molecule has 1 aromatic heterocycles. The number of nitro benzene ring substituents is 1. The van der Waals surface area contributed by atoms with Gasteiger partial charge in [0.15, 0.2) is 0 Å². The van der Waals surface area contributed by atoms with E-state index in [2.05, 4.69) is 4.98 Å². The van der Waals surface area contributed by atoms with Gasteiger partial charge >= 0.3 is 0 Å². The minimum absolute atomic E-state index is 0.127. The fourth-order valence-electron chi connectivity index (χ4n) is 2.50. The number of aromatic nitrogens is 1. The van der Waals surface area contributed by atoms with Crippen LogP contribution in [-0.2, 0) is 6.54 Å². The highest BCUT2D eigenvalue weighted by Crippen LogP contribution is 2.30. The predicted octanol–water partition coefficient (Wildman–Crippen LogP) is 4.42. The number of thiazole rings is 1. The Morgan fingerprint density at radius 2 is 2.00 bits per heavy atom. The number of rotatable bonds is 6. The van der Waals surface area contributed by atoms with Gasteiger partial charge in [-0.05, 0) is 25.1 Å². The third-order valence-electron chi connectivity index (χ3n) is 3.79. The Morgan fingerprint density at radius 1 is 1.26 bits per heavy atom. The van der Waals surface area contributed by atoms with Crippen LogP contribution in [-0.4, -0.2) is 27.8 Å². The third kappa shape index (κ3) is 4.48. The van der Waals surface area contributed by atoms with E-state index in [0.29, 0.717) is 12.3 Å². The number of amides is 1.